The first-order chi connectivity index (χ1) is 7.08. The zero-order valence-corrected chi connectivity index (χ0v) is 9.32. The van der Waals surface area contributed by atoms with Gasteiger partial charge in [-0.1, -0.05) is 11.6 Å². The number of fused-ring (bicyclic) bond motifs is 1. The van der Waals surface area contributed by atoms with Crippen LogP contribution in [0, 0.1) is 5.82 Å². The van der Waals surface area contributed by atoms with E-state index in [0.29, 0.717) is 6.04 Å². The molecule has 0 radical (unpaired) electrons. The first kappa shape index (κ1) is 10.3. The highest BCUT2D eigenvalue weighted by atomic mass is 35.5. The molecule has 0 unspecified atom stereocenters. The van der Waals surface area contributed by atoms with Crippen molar-refractivity contribution >= 4 is 28.2 Å². The summed E-state index contributed by atoms with van der Waals surface area (Å²) in [5.41, 5.74) is 1.74. The topological polar surface area (TPSA) is 27.8 Å². The summed E-state index contributed by atoms with van der Waals surface area (Å²) in [6.07, 6.45) is 1.82. The molecule has 0 saturated heterocycles. The molecule has 2 N–H and O–H groups in total. The molecule has 1 aromatic carbocycles. The lowest BCUT2D eigenvalue weighted by Crippen LogP contribution is -2.08. The average Bonchev–Trinajstić information content (AvgIpc) is 2.49. The molecule has 0 saturated carbocycles. The number of benzene rings is 1. The summed E-state index contributed by atoms with van der Waals surface area (Å²) in [7, 11) is 0. The molecule has 4 heteroatoms. The number of hydrogen-bond donors (Lipinski definition) is 2. The lowest BCUT2D eigenvalue weighted by molar-refractivity contribution is 0.630. The molecule has 1 aromatic heterocycles. The Morgan fingerprint density at radius 2 is 2.13 bits per heavy atom. The molecule has 15 heavy (non-hydrogen) atoms. The number of nitrogens with one attached hydrogen (secondary N) is 2. The molecule has 0 atom stereocenters. The van der Waals surface area contributed by atoms with Gasteiger partial charge in [-0.2, -0.15) is 0 Å². The molecular weight excluding hydrogens is 215 g/mol. The van der Waals surface area contributed by atoms with Gasteiger partial charge in [-0.25, -0.2) is 4.39 Å². The molecule has 2 rings (SSSR count). The number of aromatic nitrogens is 1. The van der Waals surface area contributed by atoms with Crippen molar-refractivity contribution in [1.82, 2.24) is 4.98 Å². The van der Waals surface area contributed by atoms with Crippen molar-refractivity contribution in [3.05, 3.63) is 29.2 Å². The Morgan fingerprint density at radius 1 is 1.40 bits per heavy atom. The molecule has 1 heterocycles. The molecule has 0 bridgehead atoms. The number of H-pyrrole nitrogens is 1. The summed E-state index contributed by atoms with van der Waals surface area (Å²) in [6, 6.07) is 3.35. The van der Waals surface area contributed by atoms with Gasteiger partial charge in [-0.15, -0.1) is 0 Å². The van der Waals surface area contributed by atoms with E-state index in [4.69, 9.17) is 11.6 Å². The van der Waals surface area contributed by atoms with Gasteiger partial charge in [-0.05, 0) is 26.0 Å². The van der Waals surface area contributed by atoms with Gasteiger partial charge in [0.05, 0.1) is 10.7 Å². The van der Waals surface area contributed by atoms with Gasteiger partial charge in [0.2, 0.25) is 0 Å². The van der Waals surface area contributed by atoms with Gasteiger partial charge in [0.25, 0.3) is 0 Å². The van der Waals surface area contributed by atoms with Gasteiger partial charge >= 0.3 is 0 Å². The van der Waals surface area contributed by atoms with Crippen LogP contribution >= 0.6 is 11.6 Å². The summed E-state index contributed by atoms with van der Waals surface area (Å²) < 4.78 is 13.3. The second kappa shape index (κ2) is 3.74. The Morgan fingerprint density at radius 3 is 2.80 bits per heavy atom. The van der Waals surface area contributed by atoms with Gasteiger partial charge in [0, 0.05) is 23.1 Å². The van der Waals surface area contributed by atoms with Crippen molar-refractivity contribution in [2.75, 3.05) is 5.32 Å². The number of anilines is 1. The third-order valence-corrected chi connectivity index (χ3v) is 2.46. The van der Waals surface area contributed by atoms with Crippen LogP contribution in [0.5, 0.6) is 0 Å². The minimum Gasteiger partial charge on any atom is -0.381 e. The van der Waals surface area contributed by atoms with E-state index >= 15 is 0 Å². The number of rotatable bonds is 2. The zero-order valence-electron chi connectivity index (χ0n) is 8.57. The first-order valence-electron chi connectivity index (χ1n) is 4.80. The van der Waals surface area contributed by atoms with Crippen molar-refractivity contribution in [3.8, 4) is 0 Å². The highest BCUT2D eigenvalue weighted by Crippen LogP contribution is 2.28. The van der Waals surface area contributed by atoms with Crippen LogP contribution in [-0.2, 0) is 0 Å². The molecule has 0 aliphatic carbocycles. The molecule has 0 amide bonds. The van der Waals surface area contributed by atoms with Gasteiger partial charge in [-0.3, -0.25) is 0 Å². The van der Waals surface area contributed by atoms with E-state index in [-0.39, 0.29) is 5.02 Å². The SMILES string of the molecule is CC(C)Nc1c[nH]c2cc(Cl)c(F)cc12. The number of halogens is 2. The van der Waals surface area contributed by atoms with E-state index in [0.717, 1.165) is 16.6 Å². The van der Waals surface area contributed by atoms with E-state index in [1.54, 1.807) is 6.07 Å². The summed E-state index contributed by atoms with van der Waals surface area (Å²) >= 11 is 5.69. The van der Waals surface area contributed by atoms with Gasteiger partial charge < -0.3 is 10.3 Å². The maximum Gasteiger partial charge on any atom is 0.142 e. The van der Waals surface area contributed by atoms with E-state index in [2.05, 4.69) is 10.3 Å². The maximum atomic E-state index is 13.3. The van der Waals surface area contributed by atoms with Crippen molar-refractivity contribution in [1.29, 1.82) is 0 Å². The number of aromatic amines is 1. The van der Waals surface area contributed by atoms with Crippen LogP contribution in [0.4, 0.5) is 10.1 Å². The van der Waals surface area contributed by atoms with Gasteiger partial charge in [0.1, 0.15) is 5.82 Å². The predicted octanol–water partition coefficient (Wildman–Crippen LogP) is 3.78. The van der Waals surface area contributed by atoms with E-state index in [1.165, 1.54) is 6.07 Å². The molecule has 80 valence electrons. The van der Waals surface area contributed by atoms with E-state index < -0.39 is 5.82 Å². The Bertz CT molecular complexity index is 491. The quantitative estimate of drug-likeness (QED) is 0.802. The lowest BCUT2D eigenvalue weighted by atomic mass is 10.2. The minimum absolute atomic E-state index is 0.139. The maximum absolute atomic E-state index is 13.3. The fourth-order valence-corrected chi connectivity index (χ4v) is 1.71. The van der Waals surface area contributed by atoms with Crippen LogP contribution in [0.15, 0.2) is 18.3 Å². The normalized spacial score (nSPS) is 11.3. The Kier molecular flexibility index (Phi) is 2.57. The summed E-state index contributed by atoms with van der Waals surface area (Å²) in [5.74, 6) is -0.393. The highest BCUT2D eigenvalue weighted by molar-refractivity contribution is 6.31. The van der Waals surface area contributed by atoms with Gasteiger partial charge in [0.15, 0.2) is 0 Å². The molecule has 2 nitrogen and oxygen atoms in total. The van der Waals surface area contributed by atoms with Crippen molar-refractivity contribution in [3.63, 3.8) is 0 Å². The first-order valence-corrected chi connectivity index (χ1v) is 5.18. The van der Waals surface area contributed by atoms with Crippen molar-refractivity contribution in [2.45, 2.75) is 19.9 Å². The largest absolute Gasteiger partial charge is 0.381 e. The summed E-state index contributed by atoms with van der Waals surface area (Å²) in [4.78, 5) is 3.05. The van der Waals surface area contributed by atoms with Crippen LogP contribution in [0.2, 0.25) is 5.02 Å². The number of hydrogen-bond acceptors (Lipinski definition) is 1. The standard InChI is InChI=1S/C11H12ClFN2/c1-6(2)15-11-5-14-10-4-8(12)9(13)3-7(10)11/h3-6,14-15H,1-2H3. The van der Waals surface area contributed by atoms with Crippen LogP contribution < -0.4 is 5.32 Å². The van der Waals surface area contributed by atoms with Crippen LogP contribution in [-0.4, -0.2) is 11.0 Å². The highest BCUT2D eigenvalue weighted by Gasteiger charge is 2.08. The summed E-state index contributed by atoms with van der Waals surface area (Å²) in [5, 5.41) is 4.20. The Hall–Kier alpha value is -1.22. The fraction of sp³-hybridized carbons (Fsp3) is 0.273. The molecular formula is C11H12ClFN2. The molecule has 0 fully saturated rings. The monoisotopic (exact) mass is 226 g/mol. The van der Waals surface area contributed by atoms with E-state index in [9.17, 15) is 4.39 Å². The Labute approximate surface area is 92.4 Å². The Balaban J connectivity index is 2.54. The van der Waals surface area contributed by atoms with Crippen LogP contribution in [0.25, 0.3) is 10.9 Å². The zero-order chi connectivity index (χ0) is 11.0. The molecule has 0 spiro atoms. The fourth-order valence-electron chi connectivity index (χ4n) is 1.55. The second-order valence-electron chi connectivity index (χ2n) is 3.81. The summed E-state index contributed by atoms with van der Waals surface area (Å²) in [6.45, 7) is 4.07. The molecule has 0 aliphatic heterocycles. The second-order valence-corrected chi connectivity index (χ2v) is 4.22. The smallest absolute Gasteiger partial charge is 0.142 e. The van der Waals surface area contributed by atoms with Crippen molar-refractivity contribution < 1.29 is 4.39 Å². The third-order valence-electron chi connectivity index (χ3n) is 2.17. The predicted molar refractivity (Wildman–Crippen MR) is 62.0 cm³/mol. The van der Waals surface area contributed by atoms with Crippen molar-refractivity contribution in [2.24, 2.45) is 0 Å². The molecule has 0 aliphatic rings. The lowest BCUT2D eigenvalue weighted by Gasteiger charge is -2.08. The molecule has 2 aromatic rings. The third kappa shape index (κ3) is 1.92. The minimum atomic E-state index is -0.393. The van der Waals surface area contributed by atoms with Crippen LogP contribution in [0.3, 0.4) is 0 Å². The van der Waals surface area contributed by atoms with E-state index in [1.807, 2.05) is 20.0 Å². The average molecular weight is 227 g/mol. The van der Waals surface area contributed by atoms with Crippen LogP contribution in [0.1, 0.15) is 13.8 Å².